The van der Waals surface area contributed by atoms with Gasteiger partial charge in [0.25, 0.3) is 0 Å². The number of likely N-dealkylation sites (tertiary alicyclic amines) is 1. The van der Waals surface area contributed by atoms with E-state index in [4.69, 9.17) is 0 Å². The summed E-state index contributed by atoms with van der Waals surface area (Å²) in [6.07, 6.45) is 5.98. The molecule has 0 radical (unpaired) electrons. The molecular weight excluding hydrogens is 194 g/mol. The molecule has 1 saturated heterocycles. The molecule has 1 fully saturated rings. The third-order valence-electron chi connectivity index (χ3n) is 2.53. The van der Waals surface area contributed by atoms with Gasteiger partial charge in [0.1, 0.15) is 6.33 Å². The Bertz CT molecular complexity index is 302. The molecule has 82 valence electrons. The quantitative estimate of drug-likeness (QED) is 0.730. The summed E-state index contributed by atoms with van der Waals surface area (Å²) in [5, 5.41) is 8.95. The van der Waals surface area contributed by atoms with E-state index in [0.29, 0.717) is 5.95 Å². The van der Waals surface area contributed by atoms with Gasteiger partial charge in [0.15, 0.2) is 0 Å². The van der Waals surface area contributed by atoms with E-state index in [2.05, 4.69) is 20.5 Å². The van der Waals surface area contributed by atoms with Crippen LogP contribution in [0.3, 0.4) is 0 Å². The van der Waals surface area contributed by atoms with Crippen molar-refractivity contribution in [3.8, 4) is 0 Å². The predicted octanol–water partition coefficient (Wildman–Crippen LogP) is 1.21. The number of carbonyl (C=O) groups is 1. The number of carbonyl (C=O) groups excluding carboxylic acids is 1. The van der Waals surface area contributed by atoms with E-state index in [9.17, 15) is 4.79 Å². The Morgan fingerprint density at radius 2 is 2.07 bits per heavy atom. The van der Waals surface area contributed by atoms with Gasteiger partial charge in [-0.1, -0.05) is 12.8 Å². The Balaban J connectivity index is 1.89. The van der Waals surface area contributed by atoms with Gasteiger partial charge in [0.05, 0.1) is 0 Å². The van der Waals surface area contributed by atoms with Crippen molar-refractivity contribution in [2.24, 2.45) is 0 Å². The molecule has 6 heteroatoms. The first-order valence-corrected chi connectivity index (χ1v) is 5.27. The van der Waals surface area contributed by atoms with E-state index in [0.717, 1.165) is 25.9 Å². The fourth-order valence-corrected chi connectivity index (χ4v) is 1.72. The highest BCUT2D eigenvalue weighted by atomic mass is 16.2. The number of aromatic nitrogens is 3. The molecule has 0 unspecified atom stereocenters. The van der Waals surface area contributed by atoms with Gasteiger partial charge in [-0.2, -0.15) is 10.1 Å². The Labute approximate surface area is 88.1 Å². The van der Waals surface area contributed by atoms with Crippen molar-refractivity contribution in [3.05, 3.63) is 6.33 Å². The first-order chi connectivity index (χ1) is 7.36. The summed E-state index contributed by atoms with van der Waals surface area (Å²) >= 11 is 0. The SMILES string of the molecule is O=C(Nc1ncn[nH]1)N1CCCCCC1. The smallest absolute Gasteiger partial charge is 0.324 e. The van der Waals surface area contributed by atoms with Crippen LogP contribution in [0.25, 0.3) is 0 Å². The van der Waals surface area contributed by atoms with Crippen LogP contribution in [-0.2, 0) is 0 Å². The normalized spacial score (nSPS) is 17.2. The molecule has 2 N–H and O–H groups in total. The van der Waals surface area contributed by atoms with Crippen molar-refractivity contribution in [3.63, 3.8) is 0 Å². The fourth-order valence-electron chi connectivity index (χ4n) is 1.72. The maximum Gasteiger partial charge on any atom is 0.324 e. The van der Waals surface area contributed by atoms with Crippen molar-refractivity contribution in [2.75, 3.05) is 18.4 Å². The largest absolute Gasteiger partial charge is 0.324 e. The molecule has 6 nitrogen and oxygen atoms in total. The zero-order valence-electron chi connectivity index (χ0n) is 8.57. The van der Waals surface area contributed by atoms with Gasteiger partial charge in [-0.25, -0.2) is 9.89 Å². The van der Waals surface area contributed by atoms with Crippen molar-refractivity contribution >= 4 is 12.0 Å². The van der Waals surface area contributed by atoms with E-state index < -0.39 is 0 Å². The molecule has 0 atom stereocenters. The Hall–Kier alpha value is -1.59. The van der Waals surface area contributed by atoms with Gasteiger partial charge in [-0.15, -0.1) is 0 Å². The lowest BCUT2D eigenvalue weighted by Gasteiger charge is -2.19. The molecule has 2 rings (SSSR count). The van der Waals surface area contributed by atoms with Gasteiger partial charge in [-0.3, -0.25) is 5.32 Å². The number of H-pyrrole nitrogens is 1. The maximum atomic E-state index is 11.7. The highest BCUT2D eigenvalue weighted by Gasteiger charge is 2.15. The molecular formula is C9H15N5O. The van der Waals surface area contributed by atoms with Gasteiger partial charge in [-0.05, 0) is 12.8 Å². The average molecular weight is 209 g/mol. The molecule has 2 amide bonds. The molecule has 1 aliphatic rings. The molecule has 0 saturated carbocycles. The topological polar surface area (TPSA) is 73.9 Å². The van der Waals surface area contributed by atoms with Crippen LogP contribution in [-0.4, -0.2) is 39.2 Å². The second-order valence-electron chi connectivity index (χ2n) is 3.67. The van der Waals surface area contributed by atoms with Crippen molar-refractivity contribution in [1.82, 2.24) is 20.1 Å². The third kappa shape index (κ3) is 2.68. The van der Waals surface area contributed by atoms with Crippen LogP contribution in [0, 0.1) is 0 Å². The van der Waals surface area contributed by atoms with Crippen LogP contribution in [0.15, 0.2) is 6.33 Å². The van der Waals surface area contributed by atoms with Crippen LogP contribution >= 0.6 is 0 Å². The van der Waals surface area contributed by atoms with E-state index in [-0.39, 0.29) is 6.03 Å². The lowest BCUT2D eigenvalue weighted by atomic mass is 10.2. The van der Waals surface area contributed by atoms with Crippen LogP contribution in [0.4, 0.5) is 10.7 Å². The molecule has 1 aliphatic heterocycles. The summed E-state index contributed by atoms with van der Waals surface area (Å²) in [4.78, 5) is 17.4. The number of hydrogen-bond donors (Lipinski definition) is 2. The number of nitrogens with zero attached hydrogens (tertiary/aromatic N) is 3. The minimum absolute atomic E-state index is 0.0892. The Morgan fingerprint density at radius 1 is 1.33 bits per heavy atom. The van der Waals surface area contributed by atoms with E-state index >= 15 is 0 Å². The van der Waals surface area contributed by atoms with Crippen LogP contribution < -0.4 is 5.32 Å². The van der Waals surface area contributed by atoms with Crippen molar-refractivity contribution < 1.29 is 4.79 Å². The summed E-state index contributed by atoms with van der Waals surface area (Å²) in [6, 6.07) is -0.0892. The van der Waals surface area contributed by atoms with E-state index in [1.165, 1.54) is 19.2 Å². The summed E-state index contributed by atoms with van der Waals surface area (Å²) < 4.78 is 0. The lowest BCUT2D eigenvalue weighted by Crippen LogP contribution is -2.35. The number of nitrogens with one attached hydrogen (secondary N) is 2. The highest BCUT2D eigenvalue weighted by molar-refractivity contribution is 5.87. The van der Waals surface area contributed by atoms with Crippen molar-refractivity contribution in [2.45, 2.75) is 25.7 Å². The Morgan fingerprint density at radius 3 is 2.67 bits per heavy atom. The monoisotopic (exact) mass is 209 g/mol. The first kappa shape index (κ1) is 9.95. The molecule has 0 bridgehead atoms. The molecule has 0 aliphatic carbocycles. The molecule has 0 aromatic carbocycles. The zero-order chi connectivity index (χ0) is 10.5. The second-order valence-corrected chi connectivity index (χ2v) is 3.67. The summed E-state index contributed by atoms with van der Waals surface area (Å²) in [7, 11) is 0. The van der Waals surface area contributed by atoms with E-state index in [1.807, 2.05) is 4.90 Å². The second kappa shape index (κ2) is 4.77. The Kier molecular flexibility index (Phi) is 3.16. The standard InChI is InChI=1S/C9H15N5O/c15-9(12-8-10-7-11-13-8)14-5-3-1-2-4-6-14/h7H,1-6H2,(H2,10,11,12,13,15). The molecule has 1 aromatic rings. The summed E-state index contributed by atoms with van der Waals surface area (Å²) in [5.74, 6) is 0.407. The number of aromatic amines is 1. The number of urea groups is 1. The minimum atomic E-state index is -0.0892. The summed E-state index contributed by atoms with van der Waals surface area (Å²) in [6.45, 7) is 1.67. The fraction of sp³-hybridized carbons (Fsp3) is 0.667. The lowest BCUT2D eigenvalue weighted by molar-refractivity contribution is 0.213. The number of hydrogen-bond acceptors (Lipinski definition) is 3. The molecule has 2 heterocycles. The number of anilines is 1. The minimum Gasteiger partial charge on any atom is -0.324 e. The van der Waals surface area contributed by atoms with Crippen molar-refractivity contribution in [1.29, 1.82) is 0 Å². The van der Waals surface area contributed by atoms with Crippen LogP contribution in [0.1, 0.15) is 25.7 Å². The predicted molar refractivity (Wildman–Crippen MR) is 55.4 cm³/mol. The highest BCUT2D eigenvalue weighted by Crippen LogP contribution is 2.10. The molecule has 0 spiro atoms. The van der Waals surface area contributed by atoms with E-state index in [1.54, 1.807) is 0 Å². The average Bonchev–Trinajstić information content (AvgIpc) is 2.58. The zero-order valence-corrected chi connectivity index (χ0v) is 8.57. The van der Waals surface area contributed by atoms with Crippen LogP contribution in [0.5, 0.6) is 0 Å². The van der Waals surface area contributed by atoms with Crippen LogP contribution in [0.2, 0.25) is 0 Å². The van der Waals surface area contributed by atoms with Gasteiger partial charge in [0.2, 0.25) is 5.95 Å². The van der Waals surface area contributed by atoms with Gasteiger partial charge < -0.3 is 4.90 Å². The third-order valence-corrected chi connectivity index (χ3v) is 2.53. The molecule has 1 aromatic heterocycles. The maximum absolute atomic E-state index is 11.7. The van der Waals surface area contributed by atoms with Gasteiger partial charge >= 0.3 is 6.03 Å². The summed E-state index contributed by atoms with van der Waals surface area (Å²) in [5.41, 5.74) is 0. The van der Waals surface area contributed by atoms with Gasteiger partial charge in [0, 0.05) is 13.1 Å². The number of rotatable bonds is 1. The first-order valence-electron chi connectivity index (χ1n) is 5.27. The molecule has 15 heavy (non-hydrogen) atoms. The number of amides is 2.